The molecule has 17 heavy (non-hydrogen) atoms. The minimum absolute atomic E-state index is 0.0118. The molecule has 0 aromatic heterocycles. The van der Waals surface area contributed by atoms with Crippen LogP contribution in [0.3, 0.4) is 0 Å². The smallest absolute Gasteiger partial charge is 0.338 e. The monoisotopic (exact) mass is 234 g/mol. The highest BCUT2D eigenvalue weighted by atomic mass is 16.5. The number of hydrogen-bond donors (Lipinski definition) is 0. The van der Waals surface area contributed by atoms with Gasteiger partial charge in [-0.2, -0.15) is 0 Å². The topological polar surface area (TPSA) is 26.3 Å². The zero-order valence-corrected chi connectivity index (χ0v) is 11.0. The maximum atomic E-state index is 11.7. The van der Waals surface area contributed by atoms with E-state index < -0.39 is 0 Å². The molecule has 0 saturated carbocycles. The molecule has 0 aliphatic rings. The van der Waals surface area contributed by atoms with Gasteiger partial charge in [0.25, 0.3) is 0 Å². The Hall–Kier alpha value is -1.31. The third-order valence-corrected chi connectivity index (χ3v) is 2.89. The predicted molar refractivity (Wildman–Crippen MR) is 70.2 cm³/mol. The van der Waals surface area contributed by atoms with Gasteiger partial charge in [0.1, 0.15) is 0 Å². The van der Waals surface area contributed by atoms with E-state index in [1.54, 1.807) is 0 Å². The lowest BCUT2D eigenvalue weighted by molar-refractivity contribution is 0.0334. The molecule has 0 aliphatic carbocycles. The Labute approximate surface area is 104 Å². The Bertz CT molecular complexity index is 340. The molecule has 0 saturated heterocycles. The number of carbonyl (C=O) groups excluding carboxylic acids is 1. The first kappa shape index (κ1) is 13.8. The molecule has 1 atom stereocenters. The summed E-state index contributed by atoms with van der Waals surface area (Å²) in [6.45, 7) is 6.09. The second-order valence-electron chi connectivity index (χ2n) is 4.42. The molecule has 0 amide bonds. The van der Waals surface area contributed by atoms with Crippen LogP contribution in [0.25, 0.3) is 0 Å². The SMILES string of the molecule is CCCCc1ccc(C(=O)OC(C)CC)cc1. The van der Waals surface area contributed by atoms with Gasteiger partial charge in [-0.25, -0.2) is 4.79 Å². The molecule has 0 bridgehead atoms. The molecular weight excluding hydrogens is 212 g/mol. The molecule has 0 spiro atoms. The Morgan fingerprint density at radius 2 is 1.88 bits per heavy atom. The normalized spacial score (nSPS) is 12.2. The van der Waals surface area contributed by atoms with Crippen molar-refractivity contribution in [3.63, 3.8) is 0 Å². The zero-order chi connectivity index (χ0) is 12.7. The zero-order valence-electron chi connectivity index (χ0n) is 11.0. The van der Waals surface area contributed by atoms with Crippen LogP contribution in [-0.4, -0.2) is 12.1 Å². The fourth-order valence-electron chi connectivity index (χ4n) is 1.52. The van der Waals surface area contributed by atoms with Crippen LogP contribution in [0.2, 0.25) is 0 Å². The molecule has 2 heteroatoms. The Balaban J connectivity index is 2.57. The summed E-state index contributed by atoms with van der Waals surface area (Å²) >= 11 is 0. The second kappa shape index (κ2) is 7.10. The molecule has 1 rings (SSSR count). The molecule has 94 valence electrons. The molecule has 0 aliphatic heterocycles. The van der Waals surface area contributed by atoms with Crippen molar-refractivity contribution in [2.75, 3.05) is 0 Å². The Kier molecular flexibility index (Phi) is 5.75. The summed E-state index contributed by atoms with van der Waals surface area (Å²) in [4.78, 5) is 11.7. The van der Waals surface area contributed by atoms with E-state index in [2.05, 4.69) is 6.92 Å². The molecular formula is C15H22O2. The summed E-state index contributed by atoms with van der Waals surface area (Å²) in [5, 5.41) is 0. The van der Waals surface area contributed by atoms with Gasteiger partial charge >= 0.3 is 5.97 Å². The fourth-order valence-corrected chi connectivity index (χ4v) is 1.52. The van der Waals surface area contributed by atoms with Gasteiger partial charge in [0, 0.05) is 0 Å². The Morgan fingerprint density at radius 1 is 1.24 bits per heavy atom. The van der Waals surface area contributed by atoms with Crippen molar-refractivity contribution in [3.05, 3.63) is 35.4 Å². The highest BCUT2D eigenvalue weighted by Crippen LogP contribution is 2.10. The highest BCUT2D eigenvalue weighted by molar-refractivity contribution is 5.89. The molecule has 1 unspecified atom stereocenters. The lowest BCUT2D eigenvalue weighted by atomic mass is 10.1. The van der Waals surface area contributed by atoms with Crippen LogP contribution in [0.15, 0.2) is 24.3 Å². The third-order valence-electron chi connectivity index (χ3n) is 2.89. The summed E-state index contributed by atoms with van der Waals surface area (Å²) < 4.78 is 5.27. The minimum Gasteiger partial charge on any atom is -0.459 e. The summed E-state index contributed by atoms with van der Waals surface area (Å²) in [6, 6.07) is 7.75. The number of ether oxygens (including phenoxy) is 1. The molecule has 2 nitrogen and oxygen atoms in total. The van der Waals surface area contributed by atoms with Gasteiger partial charge < -0.3 is 4.74 Å². The van der Waals surface area contributed by atoms with Gasteiger partial charge in [-0.3, -0.25) is 0 Å². The van der Waals surface area contributed by atoms with Crippen molar-refractivity contribution in [1.29, 1.82) is 0 Å². The average molecular weight is 234 g/mol. The van der Waals surface area contributed by atoms with Crippen molar-refractivity contribution in [2.45, 2.75) is 52.6 Å². The highest BCUT2D eigenvalue weighted by Gasteiger charge is 2.10. The molecule has 0 N–H and O–H groups in total. The molecule has 0 radical (unpaired) electrons. The molecule has 0 heterocycles. The van der Waals surface area contributed by atoms with E-state index in [0.29, 0.717) is 5.56 Å². The van der Waals surface area contributed by atoms with Crippen LogP contribution in [0.1, 0.15) is 56.0 Å². The first-order chi connectivity index (χ1) is 8.17. The largest absolute Gasteiger partial charge is 0.459 e. The number of esters is 1. The third kappa shape index (κ3) is 4.59. The first-order valence-electron chi connectivity index (χ1n) is 6.47. The van der Waals surface area contributed by atoms with E-state index in [9.17, 15) is 4.79 Å². The van der Waals surface area contributed by atoms with E-state index in [1.165, 1.54) is 18.4 Å². The number of carbonyl (C=O) groups is 1. The number of hydrogen-bond acceptors (Lipinski definition) is 2. The summed E-state index contributed by atoms with van der Waals surface area (Å²) in [5.74, 6) is -0.221. The lowest BCUT2D eigenvalue weighted by Gasteiger charge is -2.10. The molecule has 1 aromatic carbocycles. The summed E-state index contributed by atoms with van der Waals surface area (Å²) in [5.41, 5.74) is 1.93. The van der Waals surface area contributed by atoms with Gasteiger partial charge in [-0.15, -0.1) is 0 Å². The summed E-state index contributed by atoms with van der Waals surface area (Å²) in [6.07, 6.45) is 4.30. The van der Waals surface area contributed by atoms with E-state index in [1.807, 2.05) is 38.1 Å². The quantitative estimate of drug-likeness (QED) is 0.696. The van der Waals surface area contributed by atoms with Crippen molar-refractivity contribution in [2.24, 2.45) is 0 Å². The first-order valence-corrected chi connectivity index (χ1v) is 6.47. The van der Waals surface area contributed by atoms with Gasteiger partial charge in [0.05, 0.1) is 11.7 Å². The van der Waals surface area contributed by atoms with E-state index in [0.717, 1.165) is 12.8 Å². The van der Waals surface area contributed by atoms with Gasteiger partial charge in [-0.1, -0.05) is 32.4 Å². The van der Waals surface area contributed by atoms with Gasteiger partial charge in [0.2, 0.25) is 0 Å². The van der Waals surface area contributed by atoms with Crippen molar-refractivity contribution in [3.8, 4) is 0 Å². The standard InChI is InChI=1S/C15H22O2/c1-4-6-7-13-8-10-14(11-9-13)15(16)17-12(3)5-2/h8-12H,4-7H2,1-3H3. The fraction of sp³-hybridized carbons (Fsp3) is 0.533. The van der Waals surface area contributed by atoms with Crippen LogP contribution in [0.4, 0.5) is 0 Å². The van der Waals surface area contributed by atoms with Crippen LogP contribution < -0.4 is 0 Å². The number of benzene rings is 1. The van der Waals surface area contributed by atoms with Crippen molar-refractivity contribution in [1.82, 2.24) is 0 Å². The molecule has 1 aromatic rings. The van der Waals surface area contributed by atoms with Crippen LogP contribution in [0.5, 0.6) is 0 Å². The Morgan fingerprint density at radius 3 is 2.41 bits per heavy atom. The summed E-state index contributed by atoms with van der Waals surface area (Å²) in [7, 11) is 0. The number of rotatable bonds is 6. The van der Waals surface area contributed by atoms with Crippen LogP contribution in [-0.2, 0) is 11.2 Å². The van der Waals surface area contributed by atoms with Gasteiger partial charge in [0.15, 0.2) is 0 Å². The second-order valence-corrected chi connectivity index (χ2v) is 4.42. The van der Waals surface area contributed by atoms with Crippen molar-refractivity contribution < 1.29 is 9.53 Å². The maximum Gasteiger partial charge on any atom is 0.338 e. The minimum atomic E-state index is -0.221. The molecule has 0 fully saturated rings. The van der Waals surface area contributed by atoms with Crippen LogP contribution >= 0.6 is 0 Å². The predicted octanol–water partition coefficient (Wildman–Crippen LogP) is 3.98. The number of unbranched alkanes of at least 4 members (excludes halogenated alkanes) is 1. The van der Waals surface area contributed by atoms with Gasteiger partial charge in [-0.05, 0) is 43.9 Å². The number of aryl methyl sites for hydroxylation is 1. The lowest BCUT2D eigenvalue weighted by Crippen LogP contribution is -2.13. The van der Waals surface area contributed by atoms with E-state index in [4.69, 9.17) is 4.74 Å². The van der Waals surface area contributed by atoms with Crippen LogP contribution in [0, 0.1) is 0 Å². The maximum absolute atomic E-state index is 11.7. The van der Waals surface area contributed by atoms with Crippen molar-refractivity contribution >= 4 is 5.97 Å². The average Bonchev–Trinajstić information content (AvgIpc) is 2.36. The van der Waals surface area contributed by atoms with E-state index >= 15 is 0 Å². The van der Waals surface area contributed by atoms with E-state index in [-0.39, 0.29) is 12.1 Å².